The molecule has 0 bridgehead atoms. The fourth-order valence-corrected chi connectivity index (χ4v) is 1.63. The van der Waals surface area contributed by atoms with E-state index in [1.165, 1.54) is 0 Å². The second kappa shape index (κ2) is 7.44. The van der Waals surface area contributed by atoms with Crippen LogP contribution in [0.4, 0.5) is 0 Å². The molecule has 4 nitrogen and oxygen atoms in total. The van der Waals surface area contributed by atoms with Crippen LogP contribution in [0.2, 0.25) is 0 Å². The Morgan fingerprint density at radius 3 is 2.75 bits per heavy atom. The minimum absolute atomic E-state index is 0.0998. The number of nitrogens with one attached hydrogen (secondary N) is 1. The van der Waals surface area contributed by atoms with Gasteiger partial charge in [-0.25, -0.2) is 0 Å². The van der Waals surface area contributed by atoms with Crippen LogP contribution >= 0.6 is 0 Å². The van der Waals surface area contributed by atoms with E-state index in [0.717, 1.165) is 37.3 Å². The third-order valence-corrected chi connectivity index (χ3v) is 2.57. The molecule has 1 aromatic heterocycles. The first-order valence-electron chi connectivity index (χ1n) is 5.88. The van der Waals surface area contributed by atoms with Crippen molar-refractivity contribution in [3.63, 3.8) is 0 Å². The van der Waals surface area contributed by atoms with Crippen LogP contribution < -0.4 is 11.1 Å². The normalized spacial score (nSPS) is 12.9. The van der Waals surface area contributed by atoms with Crippen LogP contribution in [0.25, 0.3) is 0 Å². The summed E-state index contributed by atoms with van der Waals surface area (Å²) in [6, 6.07) is 4.02. The standard InChI is InChI=1S/C12H22N2O2/c1-10-5-6-12(16-10)11(9-13)14-7-3-2-4-8-15/h5-6,11,14-15H,2-4,7-9,13H2,1H3. The van der Waals surface area contributed by atoms with Gasteiger partial charge in [-0.05, 0) is 44.9 Å². The van der Waals surface area contributed by atoms with Crippen molar-refractivity contribution in [1.82, 2.24) is 5.32 Å². The molecule has 0 aliphatic heterocycles. The van der Waals surface area contributed by atoms with Gasteiger partial charge in [0, 0.05) is 13.2 Å². The van der Waals surface area contributed by atoms with Crippen LogP contribution in [0.5, 0.6) is 0 Å². The fourth-order valence-electron chi connectivity index (χ4n) is 1.63. The molecule has 0 amide bonds. The lowest BCUT2D eigenvalue weighted by Gasteiger charge is -2.14. The average Bonchev–Trinajstić information content (AvgIpc) is 2.70. The molecule has 1 atom stereocenters. The van der Waals surface area contributed by atoms with Gasteiger partial charge >= 0.3 is 0 Å². The minimum atomic E-state index is 0.0998. The highest BCUT2D eigenvalue weighted by Gasteiger charge is 2.11. The predicted octanol–water partition coefficient (Wildman–Crippen LogP) is 1.34. The van der Waals surface area contributed by atoms with Crippen LogP contribution in [0.3, 0.4) is 0 Å². The quantitative estimate of drug-likeness (QED) is 0.585. The lowest BCUT2D eigenvalue weighted by Crippen LogP contribution is -2.28. The maximum atomic E-state index is 8.65. The van der Waals surface area contributed by atoms with Crippen LogP contribution in [0.1, 0.15) is 36.8 Å². The first-order valence-corrected chi connectivity index (χ1v) is 5.88. The summed E-state index contributed by atoms with van der Waals surface area (Å²) in [5.41, 5.74) is 5.69. The maximum absolute atomic E-state index is 8.65. The van der Waals surface area contributed by atoms with E-state index in [2.05, 4.69) is 5.32 Å². The van der Waals surface area contributed by atoms with Gasteiger partial charge in [0.05, 0.1) is 6.04 Å². The lowest BCUT2D eigenvalue weighted by molar-refractivity contribution is 0.282. The first-order chi connectivity index (χ1) is 7.77. The maximum Gasteiger partial charge on any atom is 0.122 e. The number of aliphatic hydroxyl groups excluding tert-OH is 1. The number of hydrogen-bond acceptors (Lipinski definition) is 4. The number of rotatable bonds is 8. The molecular formula is C12H22N2O2. The van der Waals surface area contributed by atoms with Gasteiger partial charge < -0.3 is 20.6 Å². The average molecular weight is 226 g/mol. The SMILES string of the molecule is Cc1ccc(C(CN)NCCCCCO)o1. The Kier molecular flexibility index (Phi) is 6.15. The van der Waals surface area contributed by atoms with Gasteiger partial charge in [-0.1, -0.05) is 0 Å². The van der Waals surface area contributed by atoms with E-state index >= 15 is 0 Å². The molecule has 0 aliphatic carbocycles. The molecule has 0 spiro atoms. The van der Waals surface area contributed by atoms with Crippen LogP contribution in [-0.4, -0.2) is 24.8 Å². The van der Waals surface area contributed by atoms with Crippen molar-refractivity contribution in [3.8, 4) is 0 Å². The largest absolute Gasteiger partial charge is 0.465 e. The van der Waals surface area contributed by atoms with Gasteiger partial charge in [0.1, 0.15) is 11.5 Å². The Morgan fingerprint density at radius 1 is 1.38 bits per heavy atom. The van der Waals surface area contributed by atoms with Gasteiger partial charge in [-0.15, -0.1) is 0 Å². The van der Waals surface area contributed by atoms with Gasteiger partial charge in [0.2, 0.25) is 0 Å². The molecular weight excluding hydrogens is 204 g/mol. The van der Waals surface area contributed by atoms with E-state index in [9.17, 15) is 0 Å². The zero-order valence-electron chi connectivity index (χ0n) is 9.91. The van der Waals surface area contributed by atoms with E-state index in [-0.39, 0.29) is 12.6 Å². The van der Waals surface area contributed by atoms with E-state index < -0.39 is 0 Å². The number of aliphatic hydroxyl groups is 1. The highest BCUT2D eigenvalue weighted by atomic mass is 16.3. The molecule has 4 N–H and O–H groups in total. The summed E-state index contributed by atoms with van der Waals surface area (Å²) in [4.78, 5) is 0. The third-order valence-electron chi connectivity index (χ3n) is 2.57. The van der Waals surface area contributed by atoms with E-state index in [1.54, 1.807) is 0 Å². The van der Waals surface area contributed by atoms with E-state index in [1.807, 2.05) is 19.1 Å². The first kappa shape index (κ1) is 13.2. The van der Waals surface area contributed by atoms with Crippen LogP contribution in [-0.2, 0) is 0 Å². The molecule has 1 heterocycles. The Morgan fingerprint density at radius 2 is 2.19 bits per heavy atom. The van der Waals surface area contributed by atoms with Gasteiger partial charge in [0.15, 0.2) is 0 Å². The van der Waals surface area contributed by atoms with Gasteiger partial charge in [-0.2, -0.15) is 0 Å². The van der Waals surface area contributed by atoms with E-state index in [0.29, 0.717) is 6.54 Å². The van der Waals surface area contributed by atoms with Crippen molar-refractivity contribution in [3.05, 3.63) is 23.7 Å². The fraction of sp³-hybridized carbons (Fsp3) is 0.667. The summed E-state index contributed by atoms with van der Waals surface area (Å²) in [5.74, 6) is 1.82. The lowest BCUT2D eigenvalue weighted by atomic mass is 10.2. The number of unbranched alkanes of at least 4 members (excludes halogenated alkanes) is 2. The summed E-state index contributed by atoms with van der Waals surface area (Å²) in [7, 11) is 0. The Labute approximate surface area is 96.8 Å². The van der Waals surface area contributed by atoms with Crippen molar-refractivity contribution in [1.29, 1.82) is 0 Å². The van der Waals surface area contributed by atoms with Crippen molar-refractivity contribution in [2.75, 3.05) is 19.7 Å². The Bertz CT molecular complexity index is 286. The number of aryl methyl sites for hydroxylation is 1. The molecule has 0 radical (unpaired) electrons. The topological polar surface area (TPSA) is 71.4 Å². The van der Waals surface area contributed by atoms with E-state index in [4.69, 9.17) is 15.3 Å². The predicted molar refractivity (Wildman–Crippen MR) is 64.2 cm³/mol. The number of hydrogen-bond donors (Lipinski definition) is 3. The molecule has 1 unspecified atom stereocenters. The molecule has 92 valence electrons. The van der Waals surface area contributed by atoms with Crippen molar-refractivity contribution >= 4 is 0 Å². The van der Waals surface area contributed by atoms with Gasteiger partial charge in [0.25, 0.3) is 0 Å². The second-order valence-electron chi connectivity index (χ2n) is 3.98. The Hall–Kier alpha value is -0.840. The molecule has 0 saturated heterocycles. The van der Waals surface area contributed by atoms with Crippen LogP contribution in [0.15, 0.2) is 16.5 Å². The summed E-state index contributed by atoms with van der Waals surface area (Å²) in [6.45, 7) is 3.64. The molecule has 1 rings (SSSR count). The van der Waals surface area contributed by atoms with Gasteiger partial charge in [-0.3, -0.25) is 0 Å². The monoisotopic (exact) mass is 226 g/mol. The molecule has 16 heavy (non-hydrogen) atoms. The molecule has 0 saturated carbocycles. The summed E-state index contributed by atoms with van der Waals surface area (Å²) in [6.07, 6.45) is 2.96. The molecule has 0 fully saturated rings. The Balaban J connectivity index is 2.27. The zero-order chi connectivity index (χ0) is 11.8. The minimum Gasteiger partial charge on any atom is -0.465 e. The number of nitrogens with two attached hydrogens (primary N) is 1. The summed E-state index contributed by atoms with van der Waals surface area (Å²) >= 11 is 0. The highest BCUT2D eigenvalue weighted by Crippen LogP contribution is 2.15. The number of furan rings is 1. The summed E-state index contributed by atoms with van der Waals surface area (Å²) < 4.78 is 5.53. The van der Waals surface area contributed by atoms with Crippen molar-refractivity contribution < 1.29 is 9.52 Å². The van der Waals surface area contributed by atoms with Crippen LogP contribution in [0, 0.1) is 6.92 Å². The molecule has 1 aromatic rings. The van der Waals surface area contributed by atoms with Crippen molar-refractivity contribution in [2.24, 2.45) is 5.73 Å². The third kappa shape index (κ3) is 4.35. The highest BCUT2D eigenvalue weighted by molar-refractivity contribution is 5.09. The zero-order valence-corrected chi connectivity index (χ0v) is 9.91. The smallest absolute Gasteiger partial charge is 0.122 e. The summed E-state index contributed by atoms with van der Waals surface area (Å²) in [5, 5.41) is 12.0. The molecule has 0 aliphatic rings. The second-order valence-corrected chi connectivity index (χ2v) is 3.98. The molecule has 0 aromatic carbocycles. The van der Waals surface area contributed by atoms with Crippen molar-refractivity contribution in [2.45, 2.75) is 32.2 Å². The molecule has 4 heteroatoms.